The molecule has 2 aliphatic heterocycles. The predicted molar refractivity (Wildman–Crippen MR) is 107 cm³/mol. The number of carbonyl (C=O) groups is 1. The van der Waals surface area contributed by atoms with Crippen molar-refractivity contribution in [1.29, 1.82) is 5.26 Å². The van der Waals surface area contributed by atoms with Crippen LogP contribution in [-0.2, 0) is 19.4 Å². The van der Waals surface area contributed by atoms with Crippen LogP contribution in [0.25, 0.3) is 5.70 Å². The van der Waals surface area contributed by atoms with Crippen molar-refractivity contribution in [1.82, 2.24) is 5.32 Å². The lowest BCUT2D eigenvalue weighted by atomic mass is 9.85. The van der Waals surface area contributed by atoms with Gasteiger partial charge in [-0.2, -0.15) is 5.26 Å². The molecule has 0 radical (unpaired) electrons. The molecule has 2 aromatic rings. The predicted octanol–water partition coefficient (Wildman–Crippen LogP) is 3.26. The van der Waals surface area contributed by atoms with Gasteiger partial charge < -0.3 is 10.1 Å². The Morgan fingerprint density at radius 2 is 1.83 bits per heavy atom. The summed E-state index contributed by atoms with van der Waals surface area (Å²) in [6.45, 7) is 1.68. The van der Waals surface area contributed by atoms with E-state index < -0.39 is 21.7 Å². The Balaban J connectivity index is 1.90. The lowest BCUT2D eigenvalue weighted by Gasteiger charge is -2.29. The Morgan fingerprint density at radius 3 is 2.55 bits per heavy atom. The van der Waals surface area contributed by atoms with E-state index in [0.29, 0.717) is 22.5 Å². The standard InChI is InChI=1S/C22H18N2O4S/c1-14-18(22(25)28-13-7-12-23)19(15-8-3-2-4-9-15)21-20(24-14)16-10-5-6-11-17(16)29(21,26)27/h2-6,8-11,19,24H,7,13H2,1H3. The Bertz CT molecular complexity index is 1200. The Morgan fingerprint density at radius 1 is 1.14 bits per heavy atom. The van der Waals surface area contributed by atoms with Crippen molar-refractivity contribution in [2.75, 3.05) is 6.61 Å². The minimum absolute atomic E-state index is 0.0491. The summed E-state index contributed by atoms with van der Waals surface area (Å²) in [5, 5.41) is 11.8. The second-order valence-corrected chi connectivity index (χ2v) is 8.68. The molecule has 0 fully saturated rings. The van der Waals surface area contributed by atoms with E-state index in [2.05, 4.69) is 5.32 Å². The molecule has 29 heavy (non-hydrogen) atoms. The molecule has 0 saturated carbocycles. The first-order valence-electron chi connectivity index (χ1n) is 9.12. The first-order valence-corrected chi connectivity index (χ1v) is 10.6. The molecular formula is C22H18N2O4S. The highest BCUT2D eigenvalue weighted by Gasteiger charge is 2.46. The van der Waals surface area contributed by atoms with Crippen LogP contribution in [0.1, 0.15) is 30.4 Å². The van der Waals surface area contributed by atoms with Gasteiger partial charge in [-0.25, -0.2) is 13.2 Å². The number of sulfone groups is 1. The van der Waals surface area contributed by atoms with Crippen molar-refractivity contribution >= 4 is 21.5 Å². The van der Waals surface area contributed by atoms with E-state index in [4.69, 9.17) is 10.00 Å². The number of allylic oxidation sites excluding steroid dienone is 2. The summed E-state index contributed by atoms with van der Waals surface area (Å²) in [5.74, 6) is -1.42. The number of dihydropyridines is 1. The number of rotatable bonds is 4. The van der Waals surface area contributed by atoms with E-state index in [0.717, 1.165) is 0 Å². The number of ether oxygens (including phenoxy) is 1. The van der Waals surface area contributed by atoms with Gasteiger partial charge in [-0.3, -0.25) is 0 Å². The molecule has 4 rings (SSSR count). The van der Waals surface area contributed by atoms with Gasteiger partial charge in [0.25, 0.3) is 0 Å². The molecule has 0 aromatic heterocycles. The molecule has 1 unspecified atom stereocenters. The normalized spacial score (nSPS) is 19.1. The lowest BCUT2D eigenvalue weighted by molar-refractivity contribution is -0.139. The number of hydrogen-bond donors (Lipinski definition) is 1. The monoisotopic (exact) mass is 406 g/mol. The number of carbonyl (C=O) groups excluding carboxylic acids is 1. The molecule has 0 amide bonds. The quantitative estimate of drug-likeness (QED) is 0.618. The minimum atomic E-state index is -3.80. The van der Waals surface area contributed by atoms with Crippen LogP contribution in [0.15, 0.2) is 75.7 Å². The number of nitrogens with one attached hydrogen (secondary N) is 1. The molecule has 0 saturated heterocycles. The number of hydrogen-bond acceptors (Lipinski definition) is 6. The molecule has 1 atom stereocenters. The molecule has 6 nitrogen and oxygen atoms in total. The smallest absolute Gasteiger partial charge is 0.336 e. The SMILES string of the molecule is CC1=C(C(=O)OCCC#N)C(c2ccccc2)C2=C(N1)c1ccccc1S2(=O)=O. The molecule has 0 aliphatic carbocycles. The van der Waals surface area contributed by atoms with Gasteiger partial charge in [0.2, 0.25) is 9.84 Å². The van der Waals surface area contributed by atoms with Crippen molar-refractivity contribution in [2.45, 2.75) is 24.2 Å². The zero-order valence-corrected chi connectivity index (χ0v) is 16.5. The minimum Gasteiger partial charge on any atom is -0.461 e. The van der Waals surface area contributed by atoms with Crippen LogP contribution in [-0.4, -0.2) is 21.0 Å². The van der Waals surface area contributed by atoms with E-state index in [1.807, 2.05) is 12.1 Å². The number of esters is 1. The second kappa shape index (κ2) is 7.22. The van der Waals surface area contributed by atoms with E-state index >= 15 is 0 Å². The molecule has 0 bridgehead atoms. The molecular weight excluding hydrogens is 388 g/mol. The third kappa shape index (κ3) is 3.02. The third-order valence-corrected chi connectivity index (χ3v) is 7.00. The molecule has 146 valence electrons. The number of nitriles is 1. The summed E-state index contributed by atoms with van der Waals surface area (Å²) in [4.78, 5) is 13.3. The van der Waals surface area contributed by atoms with E-state index in [1.165, 1.54) is 0 Å². The van der Waals surface area contributed by atoms with Crippen LogP contribution in [0.5, 0.6) is 0 Å². The first-order chi connectivity index (χ1) is 14.0. The van der Waals surface area contributed by atoms with E-state index in [9.17, 15) is 13.2 Å². The van der Waals surface area contributed by atoms with Crippen molar-refractivity contribution in [3.8, 4) is 6.07 Å². The van der Waals surface area contributed by atoms with Gasteiger partial charge in [0.05, 0.1) is 39.5 Å². The Labute approximate surface area is 169 Å². The highest BCUT2D eigenvalue weighted by atomic mass is 32.2. The maximum absolute atomic E-state index is 13.4. The van der Waals surface area contributed by atoms with Crippen LogP contribution < -0.4 is 5.32 Å². The summed E-state index contributed by atoms with van der Waals surface area (Å²) in [7, 11) is -3.80. The summed E-state index contributed by atoms with van der Waals surface area (Å²) < 4.78 is 32.1. The number of fused-ring (bicyclic) bond motifs is 2. The summed E-state index contributed by atoms with van der Waals surface area (Å²) in [6.07, 6.45) is 0.0686. The first kappa shape index (κ1) is 19.0. The fourth-order valence-corrected chi connectivity index (χ4v) is 5.77. The van der Waals surface area contributed by atoms with Crippen molar-refractivity contribution in [3.05, 3.63) is 81.9 Å². The fourth-order valence-electron chi connectivity index (χ4n) is 3.83. The highest BCUT2D eigenvalue weighted by molar-refractivity contribution is 7.96. The summed E-state index contributed by atoms with van der Waals surface area (Å²) >= 11 is 0. The number of nitrogens with zero attached hydrogens (tertiary/aromatic N) is 1. The van der Waals surface area contributed by atoms with Crippen molar-refractivity contribution < 1.29 is 17.9 Å². The van der Waals surface area contributed by atoms with Crippen LogP contribution >= 0.6 is 0 Å². The summed E-state index contributed by atoms with van der Waals surface area (Å²) in [6, 6.07) is 17.8. The van der Waals surface area contributed by atoms with Gasteiger partial charge in [0, 0.05) is 11.3 Å². The van der Waals surface area contributed by atoms with Gasteiger partial charge >= 0.3 is 5.97 Å². The average Bonchev–Trinajstić information content (AvgIpc) is 2.95. The van der Waals surface area contributed by atoms with Crippen LogP contribution in [0.3, 0.4) is 0 Å². The van der Waals surface area contributed by atoms with E-state index in [-0.39, 0.29) is 28.4 Å². The maximum atomic E-state index is 13.4. The second-order valence-electron chi connectivity index (χ2n) is 6.79. The lowest BCUT2D eigenvalue weighted by Crippen LogP contribution is -2.29. The van der Waals surface area contributed by atoms with Gasteiger partial charge in [-0.15, -0.1) is 0 Å². The van der Waals surface area contributed by atoms with Crippen LogP contribution in [0, 0.1) is 11.3 Å². The number of benzene rings is 2. The molecule has 2 heterocycles. The van der Waals surface area contributed by atoms with E-state index in [1.54, 1.807) is 55.5 Å². The molecule has 7 heteroatoms. The highest BCUT2D eigenvalue weighted by Crippen LogP contribution is 2.50. The fraction of sp³-hybridized carbons (Fsp3) is 0.182. The Hall–Kier alpha value is -3.37. The van der Waals surface area contributed by atoms with Gasteiger partial charge in [0.1, 0.15) is 6.61 Å². The maximum Gasteiger partial charge on any atom is 0.336 e. The van der Waals surface area contributed by atoms with Crippen LogP contribution in [0.4, 0.5) is 0 Å². The Kier molecular flexibility index (Phi) is 4.73. The molecule has 2 aliphatic rings. The molecule has 1 N–H and O–H groups in total. The topological polar surface area (TPSA) is 96.3 Å². The third-order valence-electron chi connectivity index (χ3n) is 5.05. The average molecular weight is 406 g/mol. The van der Waals surface area contributed by atoms with Crippen LogP contribution in [0.2, 0.25) is 0 Å². The van der Waals surface area contributed by atoms with Crippen molar-refractivity contribution in [2.24, 2.45) is 0 Å². The zero-order chi connectivity index (χ0) is 20.6. The molecule has 0 spiro atoms. The van der Waals surface area contributed by atoms with Gasteiger partial charge in [-0.1, -0.05) is 48.5 Å². The molecule has 2 aromatic carbocycles. The van der Waals surface area contributed by atoms with Gasteiger partial charge in [0.15, 0.2) is 0 Å². The summed E-state index contributed by atoms with van der Waals surface area (Å²) in [5.41, 5.74) is 2.56. The van der Waals surface area contributed by atoms with Gasteiger partial charge in [-0.05, 0) is 18.6 Å². The zero-order valence-electron chi connectivity index (χ0n) is 15.7. The van der Waals surface area contributed by atoms with Crippen molar-refractivity contribution in [3.63, 3.8) is 0 Å². The largest absolute Gasteiger partial charge is 0.461 e.